The zero-order valence-electron chi connectivity index (χ0n) is 13.5. The minimum atomic E-state index is -1.04. The Morgan fingerprint density at radius 1 is 1.13 bits per heavy atom. The van der Waals surface area contributed by atoms with Gasteiger partial charge in [0.1, 0.15) is 11.9 Å². The number of aryl methyl sites for hydroxylation is 1. The lowest BCUT2D eigenvalue weighted by Gasteiger charge is -2.13. The van der Waals surface area contributed by atoms with Crippen molar-refractivity contribution in [2.24, 2.45) is 0 Å². The molecule has 4 heteroatoms. The standard InChI is InChI=1S/C19H20O4/c1-4-22-18(20)19(15-9-5-13(2)6-10-15)17(23-19)14-7-11-16(21-3)12-8-14/h5-12,17H,4H2,1-3H3. The summed E-state index contributed by atoms with van der Waals surface area (Å²) >= 11 is 0. The molecule has 0 bridgehead atoms. The van der Waals surface area contributed by atoms with E-state index < -0.39 is 5.60 Å². The smallest absolute Gasteiger partial charge is 0.346 e. The van der Waals surface area contributed by atoms with E-state index in [2.05, 4.69) is 0 Å². The van der Waals surface area contributed by atoms with E-state index in [9.17, 15) is 4.79 Å². The minimum Gasteiger partial charge on any atom is -0.497 e. The van der Waals surface area contributed by atoms with Crippen LogP contribution in [0.5, 0.6) is 5.75 Å². The van der Waals surface area contributed by atoms with Crippen molar-refractivity contribution >= 4 is 5.97 Å². The van der Waals surface area contributed by atoms with E-state index in [-0.39, 0.29) is 12.1 Å². The van der Waals surface area contributed by atoms with Gasteiger partial charge in [-0.1, -0.05) is 42.0 Å². The number of methoxy groups -OCH3 is 1. The maximum Gasteiger partial charge on any atom is 0.346 e. The molecule has 2 atom stereocenters. The fraction of sp³-hybridized carbons (Fsp3) is 0.316. The second kappa shape index (κ2) is 6.05. The van der Waals surface area contributed by atoms with Crippen molar-refractivity contribution in [2.45, 2.75) is 25.6 Å². The number of rotatable bonds is 5. The van der Waals surface area contributed by atoms with Gasteiger partial charge in [0.25, 0.3) is 0 Å². The van der Waals surface area contributed by atoms with Crippen molar-refractivity contribution in [3.63, 3.8) is 0 Å². The molecule has 0 radical (unpaired) electrons. The van der Waals surface area contributed by atoms with E-state index in [1.807, 2.05) is 55.5 Å². The number of hydrogen-bond donors (Lipinski definition) is 0. The highest BCUT2D eigenvalue weighted by Gasteiger charge is 2.65. The second-order valence-electron chi connectivity index (χ2n) is 5.59. The highest BCUT2D eigenvalue weighted by Crippen LogP contribution is 2.57. The number of ether oxygens (including phenoxy) is 3. The fourth-order valence-corrected chi connectivity index (χ4v) is 2.77. The molecule has 3 rings (SSSR count). The summed E-state index contributed by atoms with van der Waals surface area (Å²) in [5.41, 5.74) is 1.84. The minimum absolute atomic E-state index is 0.325. The Kier molecular flexibility index (Phi) is 4.09. The molecule has 2 unspecified atom stereocenters. The Morgan fingerprint density at radius 3 is 2.35 bits per heavy atom. The molecule has 0 saturated carbocycles. The van der Waals surface area contributed by atoms with Gasteiger partial charge < -0.3 is 14.2 Å². The molecule has 2 aromatic rings. The number of carbonyl (C=O) groups is 1. The Morgan fingerprint density at radius 2 is 1.78 bits per heavy atom. The average Bonchev–Trinajstić information content (AvgIpc) is 3.33. The van der Waals surface area contributed by atoms with Gasteiger partial charge in [0.05, 0.1) is 13.7 Å². The van der Waals surface area contributed by atoms with Crippen molar-refractivity contribution in [2.75, 3.05) is 13.7 Å². The van der Waals surface area contributed by atoms with Crippen LogP contribution in [0.1, 0.15) is 29.7 Å². The summed E-state index contributed by atoms with van der Waals surface area (Å²) < 4.78 is 16.3. The normalized spacial score (nSPS) is 22.5. The second-order valence-corrected chi connectivity index (χ2v) is 5.59. The van der Waals surface area contributed by atoms with E-state index >= 15 is 0 Å². The van der Waals surface area contributed by atoms with Gasteiger partial charge >= 0.3 is 5.97 Å². The highest BCUT2D eigenvalue weighted by molar-refractivity contribution is 5.85. The Hall–Kier alpha value is -2.33. The molecule has 1 heterocycles. The van der Waals surface area contributed by atoms with Gasteiger partial charge in [-0.3, -0.25) is 0 Å². The van der Waals surface area contributed by atoms with Crippen molar-refractivity contribution in [3.05, 3.63) is 65.2 Å². The van der Waals surface area contributed by atoms with Crippen molar-refractivity contribution in [3.8, 4) is 5.75 Å². The number of benzene rings is 2. The predicted octanol–water partition coefficient (Wildman–Crippen LogP) is 3.53. The summed E-state index contributed by atoms with van der Waals surface area (Å²) in [6.45, 7) is 4.13. The van der Waals surface area contributed by atoms with Crippen LogP contribution in [0.4, 0.5) is 0 Å². The van der Waals surface area contributed by atoms with Gasteiger partial charge in [-0.15, -0.1) is 0 Å². The van der Waals surface area contributed by atoms with Crippen LogP contribution in [0, 0.1) is 6.92 Å². The summed E-state index contributed by atoms with van der Waals surface area (Å²) in [6.07, 6.45) is -0.338. The molecule has 0 N–H and O–H groups in total. The van der Waals surface area contributed by atoms with E-state index in [0.29, 0.717) is 6.61 Å². The van der Waals surface area contributed by atoms with Crippen LogP contribution in [0.3, 0.4) is 0 Å². The summed E-state index contributed by atoms with van der Waals surface area (Å²) in [4.78, 5) is 12.5. The van der Waals surface area contributed by atoms with Crippen LogP contribution in [0.25, 0.3) is 0 Å². The maximum absolute atomic E-state index is 12.5. The first-order chi connectivity index (χ1) is 11.1. The van der Waals surface area contributed by atoms with Gasteiger partial charge in [-0.25, -0.2) is 4.79 Å². The van der Waals surface area contributed by atoms with E-state index in [1.54, 1.807) is 14.0 Å². The molecule has 120 valence electrons. The average molecular weight is 312 g/mol. The zero-order chi connectivity index (χ0) is 16.4. The summed E-state index contributed by atoms with van der Waals surface area (Å²) in [5.74, 6) is 0.427. The van der Waals surface area contributed by atoms with Gasteiger partial charge in [0.2, 0.25) is 5.60 Å². The topological polar surface area (TPSA) is 48.1 Å². The summed E-state index contributed by atoms with van der Waals surface area (Å²) in [6, 6.07) is 15.4. The predicted molar refractivity (Wildman–Crippen MR) is 86.3 cm³/mol. The number of hydrogen-bond acceptors (Lipinski definition) is 4. The first-order valence-corrected chi connectivity index (χ1v) is 7.68. The Bertz CT molecular complexity index is 690. The fourth-order valence-electron chi connectivity index (χ4n) is 2.77. The third kappa shape index (κ3) is 2.70. The maximum atomic E-state index is 12.5. The van der Waals surface area contributed by atoms with Crippen LogP contribution in [0.2, 0.25) is 0 Å². The molecule has 1 fully saturated rings. The number of carbonyl (C=O) groups excluding carboxylic acids is 1. The molecule has 0 amide bonds. The third-order valence-electron chi connectivity index (χ3n) is 4.09. The monoisotopic (exact) mass is 312 g/mol. The van der Waals surface area contributed by atoms with E-state index in [1.165, 1.54) is 0 Å². The quantitative estimate of drug-likeness (QED) is 0.626. The molecule has 1 aliphatic rings. The summed E-state index contributed by atoms with van der Waals surface area (Å²) in [5, 5.41) is 0. The molecule has 2 aromatic carbocycles. The third-order valence-corrected chi connectivity index (χ3v) is 4.09. The molecule has 1 aliphatic heterocycles. The largest absolute Gasteiger partial charge is 0.497 e. The zero-order valence-corrected chi connectivity index (χ0v) is 13.5. The molecular weight excluding hydrogens is 292 g/mol. The molecule has 4 nitrogen and oxygen atoms in total. The lowest BCUT2D eigenvalue weighted by molar-refractivity contribution is -0.150. The van der Waals surface area contributed by atoms with Gasteiger partial charge in [0.15, 0.2) is 0 Å². The SMILES string of the molecule is CCOC(=O)C1(c2ccc(C)cc2)OC1c1ccc(OC)cc1. The van der Waals surface area contributed by atoms with Gasteiger partial charge in [0, 0.05) is 0 Å². The first-order valence-electron chi connectivity index (χ1n) is 7.68. The van der Waals surface area contributed by atoms with Gasteiger partial charge in [-0.2, -0.15) is 0 Å². The highest BCUT2D eigenvalue weighted by atomic mass is 16.7. The van der Waals surface area contributed by atoms with Gasteiger partial charge in [-0.05, 0) is 37.1 Å². The lowest BCUT2D eigenvalue weighted by atomic mass is 9.91. The Labute approximate surface area is 136 Å². The van der Waals surface area contributed by atoms with Crippen molar-refractivity contribution in [1.82, 2.24) is 0 Å². The number of esters is 1. The molecular formula is C19H20O4. The van der Waals surface area contributed by atoms with Crippen LogP contribution in [-0.2, 0) is 19.9 Å². The first kappa shape index (κ1) is 15.6. The van der Waals surface area contributed by atoms with E-state index in [4.69, 9.17) is 14.2 Å². The van der Waals surface area contributed by atoms with Crippen LogP contribution >= 0.6 is 0 Å². The summed E-state index contributed by atoms with van der Waals surface area (Å²) in [7, 11) is 1.62. The lowest BCUT2D eigenvalue weighted by Crippen LogP contribution is -2.25. The van der Waals surface area contributed by atoms with Crippen LogP contribution in [-0.4, -0.2) is 19.7 Å². The van der Waals surface area contributed by atoms with Crippen molar-refractivity contribution in [1.29, 1.82) is 0 Å². The number of epoxide rings is 1. The van der Waals surface area contributed by atoms with Crippen molar-refractivity contribution < 1.29 is 19.0 Å². The molecule has 1 saturated heterocycles. The Balaban J connectivity index is 1.95. The molecule has 0 spiro atoms. The molecule has 23 heavy (non-hydrogen) atoms. The van der Waals surface area contributed by atoms with Crippen LogP contribution in [0.15, 0.2) is 48.5 Å². The molecule has 0 aromatic heterocycles. The van der Waals surface area contributed by atoms with Crippen LogP contribution < -0.4 is 4.74 Å². The molecule has 0 aliphatic carbocycles. The van der Waals surface area contributed by atoms with E-state index in [0.717, 1.165) is 22.4 Å².